The fraction of sp³-hybridized carbons (Fsp3) is 0.0800. The Morgan fingerprint density at radius 1 is 1.13 bits per heavy atom. The van der Waals surface area contributed by atoms with Crippen molar-refractivity contribution in [1.82, 2.24) is 9.97 Å². The number of benzene rings is 3. The molecule has 1 heterocycles. The highest BCUT2D eigenvalue weighted by Crippen LogP contribution is 2.21. The Morgan fingerprint density at radius 2 is 1.90 bits per heavy atom. The standard InChI is InChI=1S/C25H20N4O2/c1-17-7-12-22-23(13-17)29-25(28-22)19(15-26)14-18-8-10-21(11-9-18)31-16-24(30)27-20-5-3-2-4-6-20/h2-14H,16H2,1H3,(H,27,30)(H,28,29)/b19-14+. The van der Waals surface area contributed by atoms with Crippen LogP contribution in [0.5, 0.6) is 5.75 Å². The highest BCUT2D eigenvalue weighted by atomic mass is 16.5. The molecule has 0 spiro atoms. The Kier molecular flexibility index (Phi) is 5.77. The third-order valence-corrected chi connectivity index (χ3v) is 4.63. The van der Waals surface area contributed by atoms with Crippen LogP contribution in [-0.4, -0.2) is 22.5 Å². The SMILES string of the molecule is Cc1ccc2nc(/C(C#N)=C/c3ccc(OCC(=O)Nc4ccccc4)cc3)[nH]c2c1. The second-order valence-corrected chi connectivity index (χ2v) is 7.05. The monoisotopic (exact) mass is 408 g/mol. The number of hydrogen-bond donors (Lipinski definition) is 2. The molecule has 0 saturated heterocycles. The van der Waals surface area contributed by atoms with Gasteiger partial charge in [0.05, 0.1) is 16.6 Å². The van der Waals surface area contributed by atoms with E-state index in [2.05, 4.69) is 21.4 Å². The predicted molar refractivity (Wildman–Crippen MR) is 121 cm³/mol. The maximum Gasteiger partial charge on any atom is 0.262 e. The summed E-state index contributed by atoms with van der Waals surface area (Å²) in [5, 5.41) is 12.4. The van der Waals surface area contributed by atoms with Gasteiger partial charge in [-0.25, -0.2) is 4.98 Å². The molecule has 0 unspecified atom stereocenters. The number of fused-ring (bicyclic) bond motifs is 1. The lowest BCUT2D eigenvalue weighted by Crippen LogP contribution is -2.20. The van der Waals surface area contributed by atoms with Gasteiger partial charge in [-0.1, -0.05) is 36.4 Å². The van der Waals surface area contributed by atoms with E-state index in [9.17, 15) is 10.1 Å². The van der Waals surface area contributed by atoms with Crippen molar-refractivity contribution >= 4 is 34.3 Å². The number of hydrogen-bond acceptors (Lipinski definition) is 4. The molecule has 0 aliphatic rings. The average Bonchev–Trinajstić information content (AvgIpc) is 3.20. The molecule has 0 fully saturated rings. The first-order valence-corrected chi connectivity index (χ1v) is 9.77. The molecule has 6 nitrogen and oxygen atoms in total. The topological polar surface area (TPSA) is 90.8 Å². The fourth-order valence-corrected chi connectivity index (χ4v) is 3.10. The van der Waals surface area contributed by atoms with Crippen molar-refractivity contribution in [1.29, 1.82) is 5.26 Å². The van der Waals surface area contributed by atoms with Gasteiger partial charge in [0.15, 0.2) is 6.61 Å². The van der Waals surface area contributed by atoms with E-state index in [0.717, 1.165) is 27.8 Å². The van der Waals surface area contributed by atoms with Gasteiger partial charge < -0.3 is 15.0 Å². The van der Waals surface area contributed by atoms with Crippen LogP contribution in [0.25, 0.3) is 22.7 Å². The highest BCUT2D eigenvalue weighted by molar-refractivity contribution is 5.92. The van der Waals surface area contributed by atoms with E-state index in [4.69, 9.17) is 4.74 Å². The van der Waals surface area contributed by atoms with Gasteiger partial charge in [0.1, 0.15) is 17.6 Å². The summed E-state index contributed by atoms with van der Waals surface area (Å²) in [7, 11) is 0. The molecule has 6 heteroatoms. The van der Waals surface area contributed by atoms with E-state index in [0.29, 0.717) is 17.1 Å². The lowest BCUT2D eigenvalue weighted by Gasteiger charge is -2.07. The maximum atomic E-state index is 12.0. The van der Waals surface area contributed by atoms with Crippen molar-refractivity contribution in [3.8, 4) is 11.8 Å². The summed E-state index contributed by atoms with van der Waals surface area (Å²) in [6, 6.07) is 24.5. The zero-order chi connectivity index (χ0) is 21.6. The van der Waals surface area contributed by atoms with Gasteiger partial charge in [0, 0.05) is 5.69 Å². The second-order valence-electron chi connectivity index (χ2n) is 7.05. The summed E-state index contributed by atoms with van der Waals surface area (Å²) in [6.07, 6.45) is 1.76. The molecule has 2 N–H and O–H groups in total. The first-order chi connectivity index (χ1) is 15.1. The van der Waals surface area contributed by atoms with E-state index in [-0.39, 0.29) is 12.5 Å². The summed E-state index contributed by atoms with van der Waals surface area (Å²) in [5.41, 5.74) is 4.83. The zero-order valence-electron chi connectivity index (χ0n) is 16.9. The molecular weight excluding hydrogens is 388 g/mol. The van der Waals surface area contributed by atoms with Crippen molar-refractivity contribution in [3.63, 3.8) is 0 Å². The number of ether oxygens (including phenoxy) is 1. The Bertz CT molecular complexity index is 1280. The van der Waals surface area contributed by atoms with Crippen LogP contribution in [0.1, 0.15) is 17.0 Å². The van der Waals surface area contributed by atoms with Crippen LogP contribution in [0.2, 0.25) is 0 Å². The van der Waals surface area contributed by atoms with Crippen molar-refractivity contribution < 1.29 is 9.53 Å². The number of nitrogens with zero attached hydrogens (tertiary/aromatic N) is 2. The van der Waals surface area contributed by atoms with Gasteiger partial charge in [-0.15, -0.1) is 0 Å². The minimum atomic E-state index is -0.234. The minimum absolute atomic E-state index is 0.0913. The number of rotatable bonds is 6. The average molecular weight is 408 g/mol. The molecule has 1 aromatic heterocycles. The number of carbonyl (C=O) groups is 1. The van der Waals surface area contributed by atoms with Crippen LogP contribution in [0.4, 0.5) is 5.69 Å². The third-order valence-electron chi connectivity index (χ3n) is 4.63. The van der Waals surface area contributed by atoms with Crippen molar-refractivity contribution in [2.45, 2.75) is 6.92 Å². The van der Waals surface area contributed by atoms with Crippen LogP contribution < -0.4 is 10.1 Å². The molecule has 1 amide bonds. The number of amides is 1. The van der Waals surface area contributed by atoms with Gasteiger partial charge in [-0.3, -0.25) is 4.79 Å². The first-order valence-electron chi connectivity index (χ1n) is 9.77. The highest BCUT2D eigenvalue weighted by Gasteiger charge is 2.09. The largest absolute Gasteiger partial charge is 0.484 e. The van der Waals surface area contributed by atoms with E-state index >= 15 is 0 Å². The maximum absolute atomic E-state index is 12.0. The van der Waals surface area contributed by atoms with Crippen LogP contribution in [0.3, 0.4) is 0 Å². The predicted octanol–water partition coefficient (Wildman–Crippen LogP) is 4.95. The summed E-state index contributed by atoms with van der Waals surface area (Å²) in [4.78, 5) is 19.7. The number of anilines is 1. The number of imidazole rings is 1. The van der Waals surface area contributed by atoms with Gasteiger partial charge >= 0.3 is 0 Å². The molecule has 0 aliphatic heterocycles. The number of aryl methyl sites for hydroxylation is 1. The number of aromatic nitrogens is 2. The molecule has 0 aliphatic carbocycles. The molecule has 0 bridgehead atoms. The first kappa shape index (κ1) is 19.9. The minimum Gasteiger partial charge on any atom is -0.484 e. The summed E-state index contributed by atoms with van der Waals surface area (Å²) >= 11 is 0. The van der Waals surface area contributed by atoms with Gasteiger partial charge in [-0.05, 0) is 60.5 Å². The lowest BCUT2D eigenvalue weighted by molar-refractivity contribution is -0.118. The van der Waals surface area contributed by atoms with E-state index < -0.39 is 0 Å². The Labute approximate surface area is 179 Å². The number of para-hydroxylation sites is 1. The normalized spacial score (nSPS) is 11.2. The Balaban J connectivity index is 1.42. The number of H-pyrrole nitrogens is 1. The summed E-state index contributed by atoms with van der Waals surface area (Å²) in [6.45, 7) is 1.92. The molecule has 4 aromatic rings. The van der Waals surface area contributed by atoms with Crippen LogP contribution in [0.15, 0.2) is 72.8 Å². The lowest BCUT2D eigenvalue weighted by atomic mass is 10.1. The Morgan fingerprint density at radius 3 is 2.65 bits per heavy atom. The van der Waals surface area contributed by atoms with Crippen LogP contribution >= 0.6 is 0 Å². The number of carbonyl (C=O) groups excluding carboxylic acids is 1. The molecule has 0 atom stereocenters. The van der Waals surface area contributed by atoms with Crippen molar-refractivity contribution in [2.24, 2.45) is 0 Å². The van der Waals surface area contributed by atoms with Gasteiger partial charge in [-0.2, -0.15) is 5.26 Å². The van der Waals surface area contributed by atoms with Crippen molar-refractivity contribution in [3.05, 3.63) is 89.7 Å². The number of nitriles is 1. The molecule has 4 rings (SSSR count). The van der Waals surface area contributed by atoms with Crippen LogP contribution in [0, 0.1) is 18.3 Å². The van der Waals surface area contributed by atoms with Gasteiger partial charge in [0.25, 0.3) is 5.91 Å². The van der Waals surface area contributed by atoms with Crippen LogP contribution in [-0.2, 0) is 4.79 Å². The van der Waals surface area contributed by atoms with E-state index in [1.165, 1.54) is 0 Å². The fourth-order valence-electron chi connectivity index (χ4n) is 3.10. The zero-order valence-corrected chi connectivity index (χ0v) is 16.9. The summed E-state index contributed by atoms with van der Waals surface area (Å²) < 4.78 is 5.55. The quantitative estimate of drug-likeness (QED) is 0.442. The van der Waals surface area contributed by atoms with Gasteiger partial charge in [0.2, 0.25) is 0 Å². The second kappa shape index (κ2) is 8.97. The number of aromatic amines is 1. The molecule has 3 aromatic carbocycles. The molecule has 0 radical (unpaired) electrons. The van der Waals surface area contributed by atoms with E-state index in [1.807, 2.05) is 67.6 Å². The summed E-state index contributed by atoms with van der Waals surface area (Å²) in [5.74, 6) is 0.862. The Hall–Kier alpha value is -4.37. The molecule has 152 valence electrons. The third kappa shape index (κ3) is 4.98. The van der Waals surface area contributed by atoms with E-state index in [1.54, 1.807) is 18.2 Å². The van der Waals surface area contributed by atoms with Crippen molar-refractivity contribution in [2.75, 3.05) is 11.9 Å². The number of allylic oxidation sites excluding steroid dienone is 1. The number of nitrogens with one attached hydrogen (secondary N) is 2. The molecule has 0 saturated carbocycles. The smallest absolute Gasteiger partial charge is 0.262 e. The molecular formula is C25H20N4O2. The molecule has 31 heavy (non-hydrogen) atoms.